The van der Waals surface area contributed by atoms with Gasteiger partial charge in [0.15, 0.2) is 5.76 Å². The summed E-state index contributed by atoms with van der Waals surface area (Å²) in [6, 6.07) is 12.7. The third-order valence-electron chi connectivity index (χ3n) is 3.91. The van der Waals surface area contributed by atoms with Gasteiger partial charge in [-0.05, 0) is 37.1 Å². The van der Waals surface area contributed by atoms with Gasteiger partial charge in [0.2, 0.25) is 0 Å². The fourth-order valence-corrected chi connectivity index (χ4v) is 2.52. The Kier molecular flexibility index (Phi) is 6.07. The van der Waals surface area contributed by atoms with E-state index in [9.17, 15) is 4.79 Å². The van der Waals surface area contributed by atoms with Crippen molar-refractivity contribution in [2.75, 3.05) is 13.1 Å². The number of hydrogen-bond donors (Lipinski definition) is 2. The van der Waals surface area contributed by atoms with Crippen LogP contribution < -0.4 is 15.4 Å². The Balaban J connectivity index is 0.00000192. The van der Waals surface area contributed by atoms with E-state index in [0.29, 0.717) is 17.6 Å². The number of para-hydroxylation sites is 1. The zero-order chi connectivity index (χ0) is 15.4. The molecule has 5 nitrogen and oxygen atoms in total. The predicted octanol–water partition coefficient (Wildman–Crippen LogP) is 3.22. The second-order valence-electron chi connectivity index (χ2n) is 5.58. The van der Waals surface area contributed by atoms with Crippen LogP contribution in [0.1, 0.15) is 23.9 Å². The predicted molar refractivity (Wildman–Crippen MR) is 90.4 cm³/mol. The summed E-state index contributed by atoms with van der Waals surface area (Å²) in [6.07, 6.45) is 1.06. The van der Waals surface area contributed by atoms with E-state index in [1.807, 2.05) is 30.3 Å². The number of furan rings is 1. The minimum absolute atomic E-state index is 0. The molecule has 1 aliphatic heterocycles. The number of carbonyl (C=O) groups excluding carboxylic acids is 1. The van der Waals surface area contributed by atoms with Gasteiger partial charge in [0.25, 0.3) is 11.9 Å². The second kappa shape index (κ2) is 8.04. The van der Waals surface area contributed by atoms with Gasteiger partial charge in [0.05, 0.1) is 0 Å². The SMILES string of the molecule is CC1CCNCC1NC(=O)c1ccc(Oc2ccccc2)o1.Cl. The summed E-state index contributed by atoms with van der Waals surface area (Å²) in [7, 11) is 0. The molecule has 2 atom stereocenters. The molecule has 1 amide bonds. The lowest BCUT2D eigenvalue weighted by Gasteiger charge is -2.29. The molecule has 2 unspecified atom stereocenters. The number of amides is 1. The van der Waals surface area contributed by atoms with Crippen molar-refractivity contribution in [3.8, 4) is 11.7 Å². The smallest absolute Gasteiger partial charge is 0.290 e. The van der Waals surface area contributed by atoms with Gasteiger partial charge in [-0.15, -0.1) is 12.4 Å². The zero-order valence-electron chi connectivity index (χ0n) is 13.0. The van der Waals surface area contributed by atoms with Gasteiger partial charge in [-0.2, -0.15) is 0 Å². The minimum Gasteiger partial charge on any atom is -0.426 e. The number of ether oxygens (including phenoxy) is 1. The van der Waals surface area contributed by atoms with Crippen molar-refractivity contribution in [1.82, 2.24) is 10.6 Å². The maximum Gasteiger partial charge on any atom is 0.290 e. The lowest BCUT2D eigenvalue weighted by atomic mass is 9.95. The average molecular weight is 337 g/mol. The quantitative estimate of drug-likeness (QED) is 0.899. The molecule has 3 rings (SSSR count). The first-order valence-electron chi connectivity index (χ1n) is 7.56. The molecular weight excluding hydrogens is 316 g/mol. The van der Waals surface area contributed by atoms with Gasteiger partial charge in [-0.1, -0.05) is 25.1 Å². The standard InChI is InChI=1S/C17H20N2O3.ClH/c1-12-9-10-18-11-14(12)19-17(20)15-7-8-16(22-15)21-13-5-3-2-4-6-13;/h2-8,12,14,18H,9-11H2,1H3,(H,19,20);1H. The van der Waals surface area contributed by atoms with Crippen LogP contribution in [0.2, 0.25) is 0 Å². The zero-order valence-corrected chi connectivity index (χ0v) is 13.8. The fourth-order valence-electron chi connectivity index (χ4n) is 2.52. The molecule has 1 saturated heterocycles. The molecule has 0 bridgehead atoms. The lowest BCUT2D eigenvalue weighted by molar-refractivity contribution is 0.0882. The summed E-state index contributed by atoms with van der Waals surface area (Å²) in [5.41, 5.74) is 0. The molecule has 2 aromatic rings. The van der Waals surface area contributed by atoms with Crippen molar-refractivity contribution in [3.05, 3.63) is 48.2 Å². The maximum absolute atomic E-state index is 12.2. The maximum atomic E-state index is 12.2. The van der Waals surface area contributed by atoms with Gasteiger partial charge < -0.3 is 19.8 Å². The summed E-state index contributed by atoms with van der Waals surface area (Å²) in [4.78, 5) is 12.2. The van der Waals surface area contributed by atoms with Crippen LogP contribution in [-0.2, 0) is 0 Å². The number of halogens is 1. The Morgan fingerprint density at radius 3 is 2.78 bits per heavy atom. The number of rotatable bonds is 4. The molecule has 0 aliphatic carbocycles. The number of carbonyl (C=O) groups is 1. The Hall–Kier alpha value is -1.98. The van der Waals surface area contributed by atoms with E-state index in [0.717, 1.165) is 19.5 Å². The van der Waals surface area contributed by atoms with Crippen molar-refractivity contribution in [2.45, 2.75) is 19.4 Å². The Morgan fingerprint density at radius 1 is 1.26 bits per heavy atom. The van der Waals surface area contributed by atoms with E-state index < -0.39 is 0 Å². The molecule has 2 heterocycles. The van der Waals surface area contributed by atoms with E-state index in [4.69, 9.17) is 9.15 Å². The van der Waals surface area contributed by atoms with Gasteiger partial charge in [0.1, 0.15) is 5.75 Å². The first-order valence-corrected chi connectivity index (χ1v) is 7.56. The van der Waals surface area contributed by atoms with Crippen LogP contribution >= 0.6 is 12.4 Å². The van der Waals surface area contributed by atoms with Crippen LogP contribution in [0.3, 0.4) is 0 Å². The molecular formula is C17H21ClN2O3. The Morgan fingerprint density at radius 2 is 2.04 bits per heavy atom. The third kappa shape index (κ3) is 4.50. The second-order valence-corrected chi connectivity index (χ2v) is 5.58. The highest BCUT2D eigenvalue weighted by Crippen LogP contribution is 2.23. The van der Waals surface area contributed by atoms with Crippen molar-refractivity contribution >= 4 is 18.3 Å². The Labute approximate surface area is 141 Å². The van der Waals surface area contributed by atoms with Crippen LogP contribution in [0, 0.1) is 5.92 Å². The van der Waals surface area contributed by atoms with E-state index in [1.165, 1.54) is 0 Å². The van der Waals surface area contributed by atoms with Crippen molar-refractivity contribution in [3.63, 3.8) is 0 Å². The van der Waals surface area contributed by atoms with E-state index in [-0.39, 0.29) is 30.1 Å². The highest BCUT2D eigenvalue weighted by atomic mass is 35.5. The molecule has 23 heavy (non-hydrogen) atoms. The highest BCUT2D eigenvalue weighted by molar-refractivity contribution is 5.91. The first kappa shape index (κ1) is 17.4. The number of benzene rings is 1. The molecule has 2 N–H and O–H groups in total. The molecule has 0 radical (unpaired) electrons. The number of nitrogens with one attached hydrogen (secondary N) is 2. The van der Waals surface area contributed by atoms with Crippen LogP contribution in [0.5, 0.6) is 11.7 Å². The van der Waals surface area contributed by atoms with Gasteiger partial charge >= 0.3 is 0 Å². The van der Waals surface area contributed by atoms with Crippen molar-refractivity contribution in [1.29, 1.82) is 0 Å². The van der Waals surface area contributed by atoms with Gasteiger partial charge in [0, 0.05) is 18.7 Å². The Bertz CT molecular complexity index is 630. The third-order valence-corrected chi connectivity index (χ3v) is 3.91. The number of piperidine rings is 1. The van der Waals surface area contributed by atoms with E-state index in [1.54, 1.807) is 12.1 Å². The normalized spacial score (nSPS) is 20.4. The van der Waals surface area contributed by atoms with Crippen molar-refractivity contribution in [2.24, 2.45) is 5.92 Å². The number of hydrogen-bond acceptors (Lipinski definition) is 4. The molecule has 1 fully saturated rings. The summed E-state index contributed by atoms with van der Waals surface area (Å²) >= 11 is 0. The van der Waals surface area contributed by atoms with Crippen LogP contribution in [-0.4, -0.2) is 25.0 Å². The topological polar surface area (TPSA) is 63.5 Å². The summed E-state index contributed by atoms with van der Waals surface area (Å²) in [6.45, 7) is 3.95. The summed E-state index contributed by atoms with van der Waals surface area (Å²) in [5.74, 6) is 1.51. The van der Waals surface area contributed by atoms with Crippen LogP contribution in [0.4, 0.5) is 0 Å². The molecule has 124 valence electrons. The van der Waals surface area contributed by atoms with Crippen LogP contribution in [0.15, 0.2) is 46.9 Å². The first-order chi connectivity index (χ1) is 10.7. The molecule has 0 spiro atoms. The average Bonchev–Trinajstić information content (AvgIpc) is 2.99. The fraction of sp³-hybridized carbons (Fsp3) is 0.353. The van der Waals surface area contributed by atoms with Gasteiger partial charge in [-0.3, -0.25) is 4.79 Å². The summed E-state index contributed by atoms with van der Waals surface area (Å²) < 4.78 is 11.0. The van der Waals surface area contributed by atoms with E-state index in [2.05, 4.69) is 17.6 Å². The molecule has 0 saturated carbocycles. The molecule has 1 aliphatic rings. The largest absolute Gasteiger partial charge is 0.426 e. The van der Waals surface area contributed by atoms with E-state index >= 15 is 0 Å². The highest BCUT2D eigenvalue weighted by Gasteiger charge is 2.24. The monoisotopic (exact) mass is 336 g/mol. The van der Waals surface area contributed by atoms with Gasteiger partial charge in [-0.25, -0.2) is 0 Å². The lowest BCUT2D eigenvalue weighted by Crippen LogP contribution is -2.50. The molecule has 6 heteroatoms. The van der Waals surface area contributed by atoms with Crippen LogP contribution in [0.25, 0.3) is 0 Å². The minimum atomic E-state index is -0.205. The van der Waals surface area contributed by atoms with Crippen molar-refractivity contribution < 1.29 is 13.9 Å². The molecule has 1 aromatic heterocycles. The summed E-state index contributed by atoms with van der Waals surface area (Å²) in [5, 5.41) is 6.30. The molecule has 1 aromatic carbocycles.